The maximum atomic E-state index is 14.2. The Hall–Kier alpha value is -3.43. The molecule has 2 amide bonds. The van der Waals surface area contributed by atoms with Crippen molar-refractivity contribution in [3.63, 3.8) is 0 Å². The number of aliphatic hydroxyl groups is 1. The van der Waals surface area contributed by atoms with Crippen molar-refractivity contribution < 1.29 is 42.4 Å². The van der Waals surface area contributed by atoms with E-state index in [-0.39, 0.29) is 22.4 Å². The maximum Gasteiger partial charge on any atom is 0.266 e. The van der Waals surface area contributed by atoms with Crippen molar-refractivity contribution in [1.82, 2.24) is 10.6 Å². The molecule has 2 aliphatic rings. The Morgan fingerprint density at radius 2 is 1.75 bits per heavy atom. The first-order valence-electron chi connectivity index (χ1n) is 15.7. The van der Waals surface area contributed by atoms with Crippen LogP contribution in [0.3, 0.4) is 0 Å². The van der Waals surface area contributed by atoms with E-state index in [9.17, 15) is 37.8 Å². The highest BCUT2D eigenvalue weighted by Gasteiger charge is 2.52. The summed E-state index contributed by atoms with van der Waals surface area (Å²) in [5.74, 6) is -3.46. The van der Waals surface area contributed by atoms with Crippen LogP contribution in [0.25, 0.3) is 0 Å². The molecule has 1 aliphatic carbocycles. The number of allylic oxidation sites excluding steroid dienone is 1. The topological polar surface area (TPSA) is 187 Å². The second-order valence-corrected chi connectivity index (χ2v) is 15.5. The zero-order chi connectivity index (χ0) is 35.1. The Kier molecular flexibility index (Phi) is 12.7. The Morgan fingerprint density at radius 3 is 2.38 bits per heavy atom. The van der Waals surface area contributed by atoms with Crippen molar-refractivity contribution in [2.75, 3.05) is 18.1 Å². The molecule has 0 fully saturated rings. The van der Waals surface area contributed by atoms with Crippen molar-refractivity contribution >= 4 is 56.4 Å². The molecular formula is C34H40N2O9S3. The van der Waals surface area contributed by atoms with E-state index >= 15 is 0 Å². The number of carbonyl (C=O) groups excluding carboxylic acids is 4. The van der Waals surface area contributed by atoms with Crippen LogP contribution in [0.1, 0.15) is 62.6 Å². The molecule has 11 nitrogen and oxygen atoms in total. The van der Waals surface area contributed by atoms with Gasteiger partial charge in [0.2, 0.25) is 16.9 Å². The van der Waals surface area contributed by atoms with Crippen LogP contribution in [-0.4, -0.2) is 75.3 Å². The van der Waals surface area contributed by atoms with Crippen LogP contribution in [0.5, 0.6) is 5.75 Å². The number of unbranched alkanes of at least 4 members (excludes halogenated alkanes) is 1. The summed E-state index contributed by atoms with van der Waals surface area (Å²) in [4.78, 5) is 54.7. The lowest BCUT2D eigenvalue weighted by Gasteiger charge is -2.39. The largest absolute Gasteiger partial charge is 0.508 e. The van der Waals surface area contributed by atoms with Crippen LogP contribution in [0, 0.1) is 5.41 Å². The number of phenolic OH excluding ortho intramolecular Hbond substituents is 1. The lowest BCUT2D eigenvalue weighted by Crippen LogP contribution is -2.44. The second kappa shape index (κ2) is 16.3. The van der Waals surface area contributed by atoms with E-state index in [0.29, 0.717) is 34.4 Å². The molecule has 1 aliphatic heterocycles. The number of amides is 2. The predicted octanol–water partition coefficient (Wildman–Crippen LogP) is 4.05. The average Bonchev–Trinajstić information content (AvgIpc) is 3.14. The highest BCUT2D eigenvalue weighted by Crippen LogP contribution is 2.53. The van der Waals surface area contributed by atoms with Crippen LogP contribution in [0.4, 0.5) is 0 Å². The minimum atomic E-state index is -4.33. The first kappa shape index (κ1) is 37.4. The van der Waals surface area contributed by atoms with E-state index in [0.717, 1.165) is 36.4 Å². The summed E-state index contributed by atoms with van der Waals surface area (Å²) in [5, 5.41) is 25.7. The maximum absolute atomic E-state index is 14.2. The van der Waals surface area contributed by atoms with Gasteiger partial charge in [0, 0.05) is 22.9 Å². The smallest absolute Gasteiger partial charge is 0.266 e. The summed E-state index contributed by atoms with van der Waals surface area (Å²) in [7, 11) is -4.33. The van der Waals surface area contributed by atoms with Crippen LogP contribution in [0.2, 0.25) is 0 Å². The molecule has 0 radical (unpaired) electrons. The molecular weight excluding hydrogens is 677 g/mol. The summed E-state index contributed by atoms with van der Waals surface area (Å²) in [6, 6.07) is 13.4. The molecule has 48 heavy (non-hydrogen) atoms. The van der Waals surface area contributed by atoms with E-state index in [1.54, 1.807) is 12.2 Å². The van der Waals surface area contributed by atoms with Crippen molar-refractivity contribution in [3.05, 3.63) is 88.4 Å². The zero-order valence-electron chi connectivity index (χ0n) is 26.6. The number of aromatic hydroxyl groups is 1. The standard InChI is InChI=1S/C34H40N2O9S3/c1-3-5-17-34(4-2)31(40)27(21-9-7-6-8-10-21)28-24(47-33(34)42)15-16-25(30(28)39)46-20-26(38)36-29(22-11-13-23(37)14-12-22)32(41)35-18-19-48(43,44)45/h6-16,25,27,29,31,37,40H,3-5,17-20H2,1-2H3,(H,35,41)(H,36,38)(H,43,44,45)/t25?,27?,29-,31?,34?/m1/s1. The summed E-state index contributed by atoms with van der Waals surface area (Å²) in [5.41, 5.74) is 0.296. The molecule has 0 aromatic heterocycles. The molecule has 4 unspecified atom stereocenters. The minimum Gasteiger partial charge on any atom is -0.508 e. The molecule has 0 bridgehead atoms. The molecule has 14 heteroatoms. The first-order chi connectivity index (χ1) is 22.8. The number of benzene rings is 2. The average molecular weight is 717 g/mol. The summed E-state index contributed by atoms with van der Waals surface area (Å²) in [6.45, 7) is 3.51. The SMILES string of the molecule is CCCCC1(CC)C(=O)SC2=C(C(=O)C(SCC(=O)N[C@@H](C(=O)NCCS(=O)(=O)O)c3ccc(O)cc3)C=C2)C(c2ccccc2)C1O. The number of hydrogen-bond donors (Lipinski definition) is 5. The molecule has 5 atom stereocenters. The van der Waals surface area contributed by atoms with Gasteiger partial charge in [0.1, 0.15) is 11.8 Å². The van der Waals surface area contributed by atoms with Gasteiger partial charge >= 0.3 is 0 Å². The third-order valence-electron chi connectivity index (χ3n) is 8.63. The molecule has 2 aromatic carbocycles. The molecule has 5 N–H and O–H groups in total. The number of phenols is 1. The van der Waals surface area contributed by atoms with Gasteiger partial charge in [0.25, 0.3) is 10.1 Å². The monoisotopic (exact) mass is 716 g/mol. The van der Waals surface area contributed by atoms with E-state index in [1.165, 1.54) is 24.3 Å². The van der Waals surface area contributed by atoms with Gasteiger partial charge < -0.3 is 20.8 Å². The number of ketones is 1. The predicted molar refractivity (Wildman–Crippen MR) is 186 cm³/mol. The van der Waals surface area contributed by atoms with Gasteiger partial charge in [-0.25, -0.2) is 0 Å². The van der Waals surface area contributed by atoms with Gasteiger partial charge in [-0.2, -0.15) is 8.42 Å². The van der Waals surface area contributed by atoms with Crippen molar-refractivity contribution in [3.8, 4) is 5.75 Å². The molecule has 2 aromatic rings. The van der Waals surface area contributed by atoms with Gasteiger partial charge in [-0.1, -0.05) is 93.1 Å². The van der Waals surface area contributed by atoms with Gasteiger partial charge in [0.15, 0.2) is 5.78 Å². The normalized spacial score (nSPS) is 23.3. The lowest BCUT2D eigenvalue weighted by molar-refractivity contribution is -0.129. The quantitative estimate of drug-likeness (QED) is 0.178. The summed E-state index contributed by atoms with van der Waals surface area (Å²) >= 11 is 2.02. The fraction of sp³-hybridized carbons (Fsp3) is 0.412. The highest BCUT2D eigenvalue weighted by molar-refractivity contribution is 8.17. The number of Topliss-reactive ketones (excluding diaryl/α,β-unsaturated/α-hetero) is 1. The Morgan fingerprint density at radius 1 is 1.06 bits per heavy atom. The molecule has 258 valence electrons. The minimum absolute atomic E-state index is 0.0683. The van der Waals surface area contributed by atoms with Crippen molar-refractivity contribution in [1.29, 1.82) is 0 Å². The third kappa shape index (κ3) is 8.77. The summed E-state index contributed by atoms with van der Waals surface area (Å²) < 4.78 is 31.2. The van der Waals surface area contributed by atoms with Gasteiger partial charge in [0.05, 0.1) is 28.3 Å². The Bertz CT molecular complexity index is 1680. The second-order valence-electron chi connectivity index (χ2n) is 11.7. The molecule has 0 saturated heterocycles. The van der Waals surface area contributed by atoms with Crippen molar-refractivity contribution in [2.24, 2.45) is 5.41 Å². The first-order valence-corrected chi connectivity index (χ1v) is 19.1. The number of aliphatic hydroxyl groups excluding tert-OH is 1. The number of carbonyl (C=O) groups is 4. The molecule has 4 rings (SSSR count). The Labute approximate surface area is 288 Å². The van der Waals surface area contributed by atoms with Crippen molar-refractivity contribution in [2.45, 2.75) is 62.8 Å². The van der Waals surface area contributed by atoms with Crippen LogP contribution < -0.4 is 10.6 Å². The number of rotatable bonds is 14. The van der Waals surface area contributed by atoms with Gasteiger partial charge in [-0.05, 0) is 36.1 Å². The third-order valence-corrected chi connectivity index (χ3v) is 11.7. The van der Waals surface area contributed by atoms with Crippen LogP contribution >= 0.6 is 23.5 Å². The zero-order valence-corrected chi connectivity index (χ0v) is 29.1. The van der Waals surface area contributed by atoms with Crippen LogP contribution in [0.15, 0.2) is 77.2 Å². The fourth-order valence-corrected chi connectivity index (χ4v) is 8.47. The van der Waals surface area contributed by atoms with E-state index in [4.69, 9.17) is 4.55 Å². The Balaban J connectivity index is 1.55. The van der Waals surface area contributed by atoms with Crippen LogP contribution in [-0.2, 0) is 29.3 Å². The number of thioether (sulfide) groups is 2. The number of nitrogens with one attached hydrogen (secondary N) is 2. The lowest BCUT2D eigenvalue weighted by atomic mass is 9.67. The fourth-order valence-electron chi connectivity index (χ4n) is 5.97. The van der Waals surface area contributed by atoms with E-state index < -0.39 is 63.0 Å². The molecule has 1 heterocycles. The molecule has 0 saturated carbocycles. The van der Waals surface area contributed by atoms with Gasteiger partial charge in [-0.3, -0.25) is 23.7 Å². The van der Waals surface area contributed by atoms with E-state index in [1.807, 2.05) is 44.2 Å². The molecule has 0 spiro atoms. The summed E-state index contributed by atoms with van der Waals surface area (Å²) in [6.07, 6.45) is 4.67. The van der Waals surface area contributed by atoms with E-state index in [2.05, 4.69) is 10.6 Å². The number of hydrogen-bond acceptors (Lipinski definition) is 10. The highest BCUT2D eigenvalue weighted by atomic mass is 32.2. The van der Waals surface area contributed by atoms with Gasteiger partial charge in [-0.15, -0.1) is 11.8 Å².